The van der Waals surface area contributed by atoms with Crippen LogP contribution in [0.4, 0.5) is 11.4 Å². The number of rotatable bonds is 3. The number of aromatic hydroxyl groups is 1. The van der Waals surface area contributed by atoms with Crippen molar-refractivity contribution in [1.29, 1.82) is 0 Å². The number of fused-ring (bicyclic) bond motifs is 1. The minimum absolute atomic E-state index is 0.178. The Hall–Kier alpha value is -3.40. The van der Waals surface area contributed by atoms with Crippen LogP contribution >= 0.6 is 0 Å². The van der Waals surface area contributed by atoms with Crippen LogP contribution in [0.3, 0.4) is 0 Å². The number of phenolic OH excluding ortho intramolecular Hbond substituents is 1. The number of methoxy groups -OCH3 is 1. The standard InChI is InChI=1S/C23H20N2O2/c1-15-6-5-7-16(12-15)21-14-22(18-13-17(27-2)10-11-23(18)26)25-20-9-4-3-8-19(20)24-21/h3-13,26H,14H2,1-2H3. The Bertz CT molecular complexity index is 1070. The van der Waals surface area contributed by atoms with Gasteiger partial charge in [0.1, 0.15) is 11.5 Å². The molecule has 3 aromatic carbocycles. The van der Waals surface area contributed by atoms with Crippen molar-refractivity contribution >= 4 is 22.8 Å². The fourth-order valence-electron chi connectivity index (χ4n) is 3.20. The summed E-state index contributed by atoms with van der Waals surface area (Å²) in [5, 5.41) is 10.4. The molecular formula is C23H20N2O2. The van der Waals surface area contributed by atoms with E-state index in [0.29, 0.717) is 17.7 Å². The molecule has 0 radical (unpaired) electrons. The van der Waals surface area contributed by atoms with Gasteiger partial charge in [-0.2, -0.15) is 0 Å². The molecule has 0 spiro atoms. The molecule has 4 rings (SSSR count). The van der Waals surface area contributed by atoms with Gasteiger partial charge in [-0.05, 0) is 42.8 Å². The van der Waals surface area contributed by atoms with E-state index < -0.39 is 0 Å². The molecule has 0 aromatic heterocycles. The number of ether oxygens (including phenoxy) is 1. The van der Waals surface area contributed by atoms with E-state index in [-0.39, 0.29) is 5.75 Å². The van der Waals surface area contributed by atoms with Crippen LogP contribution in [-0.2, 0) is 0 Å². The van der Waals surface area contributed by atoms with Crippen LogP contribution in [0.5, 0.6) is 11.5 Å². The first kappa shape index (κ1) is 17.0. The van der Waals surface area contributed by atoms with Gasteiger partial charge in [0.05, 0.1) is 29.9 Å². The highest BCUT2D eigenvalue weighted by Gasteiger charge is 2.19. The molecule has 0 atom stereocenters. The average Bonchev–Trinajstić information content (AvgIpc) is 2.88. The molecule has 1 aliphatic rings. The van der Waals surface area contributed by atoms with Crippen molar-refractivity contribution < 1.29 is 9.84 Å². The Morgan fingerprint density at radius 3 is 2.30 bits per heavy atom. The molecule has 4 heteroatoms. The predicted octanol–water partition coefficient (Wildman–Crippen LogP) is 5.35. The van der Waals surface area contributed by atoms with Gasteiger partial charge >= 0.3 is 0 Å². The summed E-state index contributed by atoms with van der Waals surface area (Å²) in [5.74, 6) is 0.856. The van der Waals surface area contributed by atoms with Crippen molar-refractivity contribution in [2.24, 2.45) is 9.98 Å². The summed E-state index contributed by atoms with van der Waals surface area (Å²) < 4.78 is 5.33. The first-order valence-corrected chi connectivity index (χ1v) is 8.82. The zero-order valence-electron chi connectivity index (χ0n) is 15.3. The summed E-state index contributed by atoms with van der Waals surface area (Å²) in [5.41, 5.74) is 6.19. The van der Waals surface area contributed by atoms with Gasteiger partial charge in [-0.3, -0.25) is 9.98 Å². The van der Waals surface area contributed by atoms with Gasteiger partial charge in [-0.1, -0.05) is 42.0 Å². The monoisotopic (exact) mass is 356 g/mol. The lowest BCUT2D eigenvalue weighted by Gasteiger charge is -2.11. The van der Waals surface area contributed by atoms with E-state index in [4.69, 9.17) is 14.7 Å². The maximum atomic E-state index is 10.4. The molecule has 27 heavy (non-hydrogen) atoms. The van der Waals surface area contributed by atoms with Crippen molar-refractivity contribution in [3.05, 3.63) is 83.4 Å². The highest BCUT2D eigenvalue weighted by Crippen LogP contribution is 2.34. The zero-order valence-corrected chi connectivity index (χ0v) is 15.3. The van der Waals surface area contributed by atoms with E-state index in [1.54, 1.807) is 19.2 Å². The van der Waals surface area contributed by atoms with Crippen LogP contribution in [-0.4, -0.2) is 23.6 Å². The second-order valence-corrected chi connectivity index (χ2v) is 6.54. The number of phenols is 1. The molecule has 1 aliphatic heterocycles. The maximum Gasteiger partial charge on any atom is 0.124 e. The molecule has 0 aliphatic carbocycles. The van der Waals surface area contributed by atoms with Crippen molar-refractivity contribution in [2.75, 3.05) is 7.11 Å². The fraction of sp³-hybridized carbons (Fsp3) is 0.130. The number of benzene rings is 3. The number of aryl methyl sites for hydroxylation is 1. The van der Waals surface area contributed by atoms with Crippen LogP contribution in [0, 0.1) is 6.92 Å². The summed E-state index contributed by atoms with van der Waals surface area (Å²) in [4.78, 5) is 9.72. The van der Waals surface area contributed by atoms with Gasteiger partial charge in [-0.25, -0.2) is 0 Å². The van der Waals surface area contributed by atoms with Crippen molar-refractivity contribution in [3.63, 3.8) is 0 Å². The second-order valence-electron chi connectivity index (χ2n) is 6.54. The van der Waals surface area contributed by atoms with Crippen molar-refractivity contribution in [2.45, 2.75) is 13.3 Å². The number of hydrogen-bond acceptors (Lipinski definition) is 4. The Kier molecular flexibility index (Phi) is 4.47. The topological polar surface area (TPSA) is 54.2 Å². The van der Waals surface area contributed by atoms with Crippen LogP contribution in [0.25, 0.3) is 0 Å². The maximum absolute atomic E-state index is 10.4. The summed E-state index contributed by atoms with van der Waals surface area (Å²) in [6.45, 7) is 2.07. The molecule has 0 fully saturated rings. The lowest BCUT2D eigenvalue weighted by molar-refractivity contribution is 0.412. The van der Waals surface area contributed by atoms with E-state index in [0.717, 1.165) is 28.4 Å². The Balaban J connectivity index is 1.89. The van der Waals surface area contributed by atoms with Gasteiger partial charge in [0.2, 0.25) is 0 Å². The summed E-state index contributed by atoms with van der Waals surface area (Å²) in [7, 11) is 1.61. The van der Waals surface area contributed by atoms with Crippen LogP contribution in [0.15, 0.2) is 76.7 Å². The second kappa shape index (κ2) is 7.08. The number of hydrogen-bond donors (Lipinski definition) is 1. The van der Waals surface area contributed by atoms with Crippen LogP contribution in [0.2, 0.25) is 0 Å². The van der Waals surface area contributed by atoms with Gasteiger partial charge in [-0.15, -0.1) is 0 Å². The van der Waals surface area contributed by atoms with Gasteiger partial charge in [0.25, 0.3) is 0 Å². The Labute approximate surface area is 158 Å². The fourth-order valence-corrected chi connectivity index (χ4v) is 3.20. The minimum Gasteiger partial charge on any atom is -0.507 e. The Morgan fingerprint density at radius 1 is 0.852 bits per heavy atom. The lowest BCUT2D eigenvalue weighted by Crippen LogP contribution is -2.10. The van der Waals surface area contributed by atoms with Crippen molar-refractivity contribution in [1.82, 2.24) is 0 Å². The van der Waals surface area contributed by atoms with Gasteiger partial charge in [0.15, 0.2) is 0 Å². The number of nitrogens with zero attached hydrogens (tertiary/aromatic N) is 2. The molecule has 0 saturated heterocycles. The smallest absolute Gasteiger partial charge is 0.124 e. The highest BCUT2D eigenvalue weighted by atomic mass is 16.5. The van der Waals surface area contributed by atoms with Gasteiger partial charge in [0, 0.05) is 12.0 Å². The molecule has 0 amide bonds. The SMILES string of the molecule is COc1ccc(O)c(C2=Nc3ccccc3N=C(c3cccc(C)c3)C2)c1. The summed E-state index contributed by atoms with van der Waals surface area (Å²) >= 11 is 0. The van der Waals surface area contributed by atoms with E-state index >= 15 is 0 Å². The molecule has 0 unspecified atom stereocenters. The molecule has 0 bridgehead atoms. The van der Waals surface area contributed by atoms with E-state index in [9.17, 15) is 5.11 Å². The largest absolute Gasteiger partial charge is 0.507 e. The van der Waals surface area contributed by atoms with E-state index in [1.165, 1.54) is 5.56 Å². The third kappa shape index (κ3) is 3.47. The lowest BCUT2D eigenvalue weighted by atomic mass is 9.98. The molecule has 1 heterocycles. The molecule has 4 nitrogen and oxygen atoms in total. The van der Waals surface area contributed by atoms with Gasteiger partial charge < -0.3 is 9.84 Å². The normalized spacial score (nSPS) is 13.3. The first-order valence-electron chi connectivity index (χ1n) is 8.82. The number of para-hydroxylation sites is 2. The molecule has 3 aromatic rings. The third-order valence-corrected chi connectivity index (χ3v) is 4.59. The van der Waals surface area contributed by atoms with E-state index in [2.05, 4.69) is 25.1 Å². The zero-order chi connectivity index (χ0) is 18.8. The Morgan fingerprint density at radius 2 is 1.59 bits per heavy atom. The molecule has 1 N–H and O–H groups in total. The van der Waals surface area contributed by atoms with Crippen LogP contribution in [0.1, 0.15) is 23.1 Å². The average molecular weight is 356 g/mol. The summed E-state index contributed by atoms with van der Waals surface area (Å²) in [6.07, 6.45) is 0.513. The predicted molar refractivity (Wildman–Crippen MR) is 109 cm³/mol. The van der Waals surface area contributed by atoms with E-state index in [1.807, 2.05) is 36.4 Å². The summed E-state index contributed by atoms with van der Waals surface area (Å²) in [6, 6.07) is 21.3. The minimum atomic E-state index is 0.178. The van der Waals surface area contributed by atoms with Crippen LogP contribution < -0.4 is 4.74 Å². The molecule has 134 valence electrons. The quantitative estimate of drug-likeness (QED) is 0.687. The van der Waals surface area contributed by atoms with Crippen molar-refractivity contribution in [3.8, 4) is 11.5 Å². The third-order valence-electron chi connectivity index (χ3n) is 4.59. The highest BCUT2D eigenvalue weighted by molar-refractivity contribution is 6.21. The molecule has 0 saturated carbocycles. The number of aliphatic imine (C=N–C) groups is 2. The molecular weight excluding hydrogens is 336 g/mol. The first-order chi connectivity index (χ1) is 13.1.